The summed E-state index contributed by atoms with van der Waals surface area (Å²) in [6, 6.07) is -0.460. The lowest BCUT2D eigenvalue weighted by Crippen LogP contribution is -2.55. The van der Waals surface area contributed by atoms with Crippen molar-refractivity contribution in [3.05, 3.63) is 0 Å². The minimum absolute atomic E-state index is 0.114. The van der Waals surface area contributed by atoms with Gasteiger partial charge in [0.15, 0.2) is 0 Å². The van der Waals surface area contributed by atoms with E-state index in [1.807, 2.05) is 0 Å². The molecule has 2 heterocycles. The second-order valence-corrected chi connectivity index (χ2v) is 5.97. The fourth-order valence-corrected chi connectivity index (χ4v) is 2.85. The van der Waals surface area contributed by atoms with Crippen molar-refractivity contribution in [2.75, 3.05) is 26.2 Å². The third-order valence-corrected chi connectivity index (χ3v) is 4.29. The second-order valence-electron chi connectivity index (χ2n) is 4.43. The van der Waals surface area contributed by atoms with Gasteiger partial charge in [0.25, 0.3) is 10.2 Å². The predicted octanol–water partition coefficient (Wildman–Crippen LogP) is -2.39. The van der Waals surface area contributed by atoms with E-state index in [0.29, 0.717) is 25.9 Å². The molecule has 0 aromatic heterocycles. The molecule has 1 atom stereocenters. The summed E-state index contributed by atoms with van der Waals surface area (Å²) in [6.07, 6.45) is 0.876. The molecule has 0 unspecified atom stereocenters. The Morgan fingerprint density at radius 1 is 1.28 bits per heavy atom. The molecule has 0 aromatic rings. The molecule has 0 bridgehead atoms. The van der Waals surface area contributed by atoms with Crippen LogP contribution in [-0.2, 0) is 19.8 Å². The Morgan fingerprint density at radius 2 is 1.89 bits per heavy atom. The molecule has 0 spiro atoms. The summed E-state index contributed by atoms with van der Waals surface area (Å²) in [5, 5.41) is 7.62. The van der Waals surface area contributed by atoms with Gasteiger partial charge in [-0.1, -0.05) is 0 Å². The molecular formula is C9H16N4O4S. The minimum atomic E-state index is -3.68. The zero-order valence-electron chi connectivity index (χ0n) is 9.83. The molecule has 0 saturated carbocycles. The Labute approximate surface area is 105 Å². The van der Waals surface area contributed by atoms with Crippen molar-refractivity contribution in [3.63, 3.8) is 0 Å². The zero-order valence-corrected chi connectivity index (χ0v) is 10.6. The quantitative estimate of drug-likeness (QED) is 0.586. The summed E-state index contributed by atoms with van der Waals surface area (Å²) in [5.41, 5.74) is 0. The van der Waals surface area contributed by atoms with Crippen molar-refractivity contribution in [2.45, 2.75) is 18.9 Å². The Bertz CT molecular complexity index is 455. The number of hydrogen-bond acceptors (Lipinski definition) is 4. The Balaban J connectivity index is 1.90. The Hall–Kier alpha value is -1.19. The highest BCUT2D eigenvalue weighted by Gasteiger charge is 2.33. The molecule has 0 aliphatic carbocycles. The molecule has 102 valence electrons. The first kappa shape index (κ1) is 13.2. The molecule has 0 aromatic carbocycles. The van der Waals surface area contributed by atoms with Gasteiger partial charge in [-0.2, -0.15) is 12.7 Å². The van der Waals surface area contributed by atoms with E-state index in [-0.39, 0.29) is 24.9 Å². The number of carbonyl (C=O) groups is 2. The van der Waals surface area contributed by atoms with Gasteiger partial charge in [0.1, 0.15) is 6.04 Å². The highest BCUT2D eigenvalue weighted by Crippen LogP contribution is 2.12. The average molecular weight is 276 g/mol. The monoisotopic (exact) mass is 276 g/mol. The number of rotatable bonds is 2. The van der Waals surface area contributed by atoms with E-state index in [2.05, 4.69) is 5.32 Å². The molecule has 2 aliphatic heterocycles. The lowest BCUT2D eigenvalue weighted by molar-refractivity contribution is -0.135. The van der Waals surface area contributed by atoms with Crippen LogP contribution in [0.3, 0.4) is 0 Å². The fourth-order valence-electron chi connectivity index (χ4n) is 2.18. The van der Waals surface area contributed by atoms with Gasteiger partial charge < -0.3 is 10.2 Å². The maximum atomic E-state index is 12.0. The van der Waals surface area contributed by atoms with Gasteiger partial charge in [0.05, 0.1) is 0 Å². The SMILES string of the molecule is NS(=O)(=O)N1CCN(C(=O)[C@@H]2CCC(=O)N2)CC1. The molecule has 18 heavy (non-hydrogen) atoms. The third kappa shape index (κ3) is 2.79. The van der Waals surface area contributed by atoms with Gasteiger partial charge in [-0.15, -0.1) is 0 Å². The van der Waals surface area contributed by atoms with Crippen LogP contribution < -0.4 is 10.5 Å². The molecule has 9 heteroatoms. The molecule has 2 rings (SSSR count). The van der Waals surface area contributed by atoms with Crippen LogP contribution in [0, 0.1) is 0 Å². The molecule has 8 nitrogen and oxygen atoms in total. The Kier molecular flexibility index (Phi) is 3.55. The summed E-state index contributed by atoms with van der Waals surface area (Å²) >= 11 is 0. The maximum absolute atomic E-state index is 12.0. The van der Waals surface area contributed by atoms with Crippen LogP contribution in [0.2, 0.25) is 0 Å². The summed E-state index contributed by atoms with van der Waals surface area (Å²) in [4.78, 5) is 24.6. The van der Waals surface area contributed by atoms with Gasteiger partial charge in [-0.25, -0.2) is 5.14 Å². The van der Waals surface area contributed by atoms with Crippen molar-refractivity contribution < 1.29 is 18.0 Å². The molecule has 3 N–H and O–H groups in total. The van der Waals surface area contributed by atoms with Crippen molar-refractivity contribution in [1.82, 2.24) is 14.5 Å². The van der Waals surface area contributed by atoms with E-state index >= 15 is 0 Å². The summed E-state index contributed by atoms with van der Waals surface area (Å²) in [7, 11) is -3.68. The van der Waals surface area contributed by atoms with E-state index in [1.54, 1.807) is 4.90 Å². The molecule has 2 fully saturated rings. The number of nitrogens with two attached hydrogens (primary N) is 1. The summed E-state index contributed by atoms with van der Waals surface area (Å²) in [5.74, 6) is -0.258. The first-order chi connectivity index (χ1) is 8.38. The number of hydrogen-bond donors (Lipinski definition) is 2. The normalized spacial score (nSPS) is 26.2. The maximum Gasteiger partial charge on any atom is 0.277 e. The van der Waals surface area contributed by atoms with Crippen LogP contribution in [0.15, 0.2) is 0 Å². The molecule has 2 aliphatic rings. The fraction of sp³-hybridized carbons (Fsp3) is 0.778. The van der Waals surface area contributed by atoms with Crippen LogP contribution in [0.5, 0.6) is 0 Å². The topological polar surface area (TPSA) is 113 Å². The van der Waals surface area contributed by atoms with Crippen LogP contribution in [0.4, 0.5) is 0 Å². The van der Waals surface area contributed by atoms with E-state index in [9.17, 15) is 18.0 Å². The highest BCUT2D eigenvalue weighted by atomic mass is 32.2. The standard InChI is InChI=1S/C9H16N4O4S/c10-18(16,17)13-5-3-12(4-6-13)9(15)7-1-2-8(14)11-7/h7H,1-6H2,(H,11,14)(H2,10,16,17)/t7-/m0/s1. The first-order valence-electron chi connectivity index (χ1n) is 5.74. The number of amides is 2. The zero-order chi connectivity index (χ0) is 13.3. The second kappa shape index (κ2) is 4.82. The van der Waals surface area contributed by atoms with Gasteiger partial charge in [-0.3, -0.25) is 9.59 Å². The smallest absolute Gasteiger partial charge is 0.277 e. The van der Waals surface area contributed by atoms with Gasteiger partial charge in [0.2, 0.25) is 11.8 Å². The molecule has 0 radical (unpaired) electrons. The number of nitrogens with zero attached hydrogens (tertiary/aromatic N) is 2. The highest BCUT2D eigenvalue weighted by molar-refractivity contribution is 7.86. The molecule has 2 amide bonds. The van der Waals surface area contributed by atoms with Crippen LogP contribution in [0.25, 0.3) is 0 Å². The van der Waals surface area contributed by atoms with E-state index in [0.717, 1.165) is 4.31 Å². The van der Waals surface area contributed by atoms with Crippen molar-refractivity contribution >= 4 is 22.0 Å². The number of piperazine rings is 1. The van der Waals surface area contributed by atoms with Gasteiger partial charge >= 0.3 is 0 Å². The molecule has 2 saturated heterocycles. The summed E-state index contributed by atoms with van der Waals surface area (Å²) < 4.78 is 23.4. The van der Waals surface area contributed by atoms with E-state index in [4.69, 9.17) is 5.14 Å². The first-order valence-corrected chi connectivity index (χ1v) is 7.24. The predicted molar refractivity (Wildman–Crippen MR) is 62.4 cm³/mol. The van der Waals surface area contributed by atoms with Crippen molar-refractivity contribution in [2.24, 2.45) is 5.14 Å². The minimum Gasteiger partial charge on any atom is -0.344 e. The largest absolute Gasteiger partial charge is 0.344 e. The lowest BCUT2D eigenvalue weighted by Gasteiger charge is -2.34. The van der Waals surface area contributed by atoms with Crippen LogP contribution in [0.1, 0.15) is 12.8 Å². The van der Waals surface area contributed by atoms with Gasteiger partial charge in [0, 0.05) is 32.6 Å². The van der Waals surface area contributed by atoms with Crippen LogP contribution in [-0.4, -0.2) is 61.7 Å². The average Bonchev–Trinajstić information content (AvgIpc) is 2.74. The summed E-state index contributed by atoms with van der Waals surface area (Å²) in [6.45, 7) is 1.01. The van der Waals surface area contributed by atoms with E-state index < -0.39 is 16.3 Å². The number of nitrogens with one attached hydrogen (secondary N) is 1. The van der Waals surface area contributed by atoms with Crippen molar-refractivity contribution in [3.8, 4) is 0 Å². The van der Waals surface area contributed by atoms with Gasteiger partial charge in [-0.05, 0) is 6.42 Å². The van der Waals surface area contributed by atoms with Crippen LogP contribution >= 0.6 is 0 Å². The third-order valence-electron chi connectivity index (χ3n) is 3.20. The molecular weight excluding hydrogens is 260 g/mol. The lowest BCUT2D eigenvalue weighted by atomic mass is 10.2. The van der Waals surface area contributed by atoms with Crippen molar-refractivity contribution in [1.29, 1.82) is 0 Å². The Morgan fingerprint density at radius 3 is 2.33 bits per heavy atom. The number of carbonyl (C=O) groups excluding carboxylic acids is 2. The van der Waals surface area contributed by atoms with E-state index in [1.165, 1.54) is 0 Å².